The summed E-state index contributed by atoms with van der Waals surface area (Å²) in [5.41, 5.74) is 7.86. The van der Waals surface area contributed by atoms with Crippen molar-refractivity contribution in [1.82, 2.24) is 9.97 Å². The first-order valence-electron chi connectivity index (χ1n) is 13.7. The van der Waals surface area contributed by atoms with E-state index in [2.05, 4.69) is 84.0 Å². The number of hydrogen-bond acceptors (Lipinski definition) is 4. The number of aromatic hydroxyl groups is 1. The Morgan fingerprint density at radius 1 is 0.707 bits per heavy atom. The summed E-state index contributed by atoms with van der Waals surface area (Å²) in [6, 6.07) is 29.7. The molecule has 0 aliphatic heterocycles. The molecule has 41 heavy (non-hydrogen) atoms. The predicted molar refractivity (Wildman–Crippen MR) is 164 cm³/mol. The number of hydrogen-bond donors (Lipinski definition) is 1. The van der Waals surface area contributed by atoms with Crippen LogP contribution in [0.1, 0.15) is 52.7 Å². The van der Waals surface area contributed by atoms with E-state index >= 15 is 0 Å². The monoisotopic (exact) mass is 720 g/mol. The third-order valence-corrected chi connectivity index (χ3v) is 7.40. The van der Waals surface area contributed by atoms with Crippen molar-refractivity contribution in [1.29, 1.82) is 0 Å². The van der Waals surface area contributed by atoms with Crippen molar-refractivity contribution in [3.05, 3.63) is 102 Å². The number of rotatable bonds is 3. The fraction of sp³-hybridized carbons (Fsp3) is 0.222. The molecule has 0 aliphatic rings. The molecule has 6 rings (SSSR count). The van der Waals surface area contributed by atoms with Gasteiger partial charge in [0.25, 0.3) is 0 Å². The van der Waals surface area contributed by atoms with Crippen molar-refractivity contribution in [2.75, 3.05) is 0 Å². The predicted octanol–water partition coefficient (Wildman–Crippen LogP) is 9.48. The van der Waals surface area contributed by atoms with Crippen LogP contribution in [-0.4, -0.2) is 15.1 Å². The van der Waals surface area contributed by atoms with Gasteiger partial charge in [-0.25, -0.2) is 4.98 Å². The second-order valence-electron chi connectivity index (χ2n) is 12.5. The van der Waals surface area contributed by atoms with Crippen molar-refractivity contribution in [3.8, 4) is 39.6 Å². The fourth-order valence-electron chi connectivity index (χ4n) is 5.29. The van der Waals surface area contributed by atoms with Gasteiger partial charge < -0.3 is 9.52 Å². The molecular weight excluding hydrogens is 687 g/mol. The molecule has 2 heterocycles. The molecule has 210 valence electrons. The minimum absolute atomic E-state index is 0. The summed E-state index contributed by atoms with van der Waals surface area (Å²) in [5, 5.41) is 12.7. The molecule has 0 bridgehead atoms. The number of phenols is 1. The normalized spacial score (nSPS) is 12.0. The maximum Gasteiger partial charge on any atom is 0.230 e. The molecule has 0 amide bonds. The van der Waals surface area contributed by atoms with Crippen LogP contribution in [0, 0.1) is 6.07 Å². The Hall–Kier alpha value is -3.75. The Morgan fingerprint density at radius 2 is 1.34 bits per heavy atom. The molecule has 0 saturated carbocycles. The minimum atomic E-state index is -0.159. The van der Waals surface area contributed by atoms with E-state index in [0.29, 0.717) is 17.0 Å². The molecule has 0 spiro atoms. The number of fused-ring (bicyclic) bond motifs is 2. The van der Waals surface area contributed by atoms with E-state index in [1.807, 2.05) is 36.5 Å². The molecule has 4 nitrogen and oxygen atoms in total. The minimum Gasteiger partial charge on any atom is -0.507 e. The van der Waals surface area contributed by atoms with Crippen LogP contribution < -0.4 is 0 Å². The Labute approximate surface area is 255 Å². The van der Waals surface area contributed by atoms with Gasteiger partial charge in [0.15, 0.2) is 0 Å². The smallest absolute Gasteiger partial charge is 0.230 e. The van der Waals surface area contributed by atoms with Crippen LogP contribution in [0.3, 0.4) is 0 Å². The van der Waals surface area contributed by atoms with Crippen LogP contribution in [0.25, 0.3) is 55.7 Å². The zero-order valence-electron chi connectivity index (χ0n) is 24.1. The van der Waals surface area contributed by atoms with Gasteiger partial charge in [-0.15, -0.1) is 28.8 Å². The molecule has 2 aromatic heterocycles. The van der Waals surface area contributed by atoms with E-state index in [9.17, 15) is 5.11 Å². The number of aromatic nitrogens is 2. The fourth-order valence-corrected chi connectivity index (χ4v) is 5.29. The van der Waals surface area contributed by atoms with Gasteiger partial charge in [-0.2, -0.15) is 0 Å². The Balaban J connectivity index is 0.00000337. The van der Waals surface area contributed by atoms with Gasteiger partial charge in [0.1, 0.15) is 11.3 Å². The van der Waals surface area contributed by atoms with Crippen LogP contribution in [-0.2, 0) is 31.9 Å². The van der Waals surface area contributed by atoms with E-state index in [0.717, 1.165) is 38.7 Å². The molecule has 0 radical (unpaired) electrons. The van der Waals surface area contributed by atoms with Gasteiger partial charge >= 0.3 is 0 Å². The maximum absolute atomic E-state index is 10.5. The third kappa shape index (κ3) is 5.34. The quantitative estimate of drug-likeness (QED) is 0.185. The zero-order chi connectivity index (χ0) is 28.2. The maximum atomic E-state index is 10.5. The molecule has 6 aromatic rings. The topological polar surface area (TPSA) is 59.2 Å². The van der Waals surface area contributed by atoms with Gasteiger partial charge in [0.2, 0.25) is 5.89 Å². The van der Waals surface area contributed by atoms with E-state index in [4.69, 9.17) is 14.4 Å². The summed E-state index contributed by atoms with van der Waals surface area (Å²) in [6.07, 6.45) is 1.94. The molecule has 0 fully saturated rings. The summed E-state index contributed by atoms with van der Waals surface area (Å²) in [5.74, 6) is 0.525. The van der Waals surface area contributed by atoms with Gasteiger partial charge in [0, 0.05) is 33.0 Å². The summed E-state index contributed by atoms with van der Waals surface area (Å²) >= 11 is 0. The van der Waals surface area contributed by atoms with Gasteiger partial charge in [0.05, 0.1) is 11.1 Å². The molecular formula is C36H33N2O2Pt-. The standard InChI is InChI=1S/C36H33N2O2.Pt/c1-35(2,3)28-20-29(36(4,5)6)27(30-18-22-12-7-8-13-23(22)21-37-30)19-26(28)24-15-11-17-32-33(24)38-34(40-32)25-14-9-10-16-31(25)39;/h7-18,20-21,39H,1-6H3;/q-1;. The summed E-state index contributed by atoms with van der Waals surface area (Å²) in [6.45, 7) is 13.4. The van der Waals surface area contributed by atoms with E-state index in [1.165, 1.54) is 11.1 Å². The number of nitrogens with zero attached hydrogens (tertiary/aromatic N) is 2. The van der Waals surface area contributed by atoms with Gasteiger partial charge in [-0.05, 0) is 39.8 Å². The van der Waals surface area contributed by atoms with Crippen molar-refractivity contribution in [2.24, 2.45) is 0 Å². The largest absolute Gasteiger partial charge is 0.507 e. The Morgan fingerprint density at radius 3 is 2.05 bits per heavy atom. The number of phenolic OH excluding ortho intramolecular Hbond substituents is 1. The molecule has 0 saturated heterocycles. The first-order chi connectivity index (χ1) is 19.0. The number of oxazole rings is 1. The number of pyridine rings is 1. The molecule has 0 aliphatic carbocycles. The summed E-state index contributed by atoms with van der Waals surface area (Å²) < 4.78 is 6.17. The van der Waals surface area contributed by atoms with Crippen LogP contribution in [0.2, 0.25) is 0 Å². The van der Waals surface area contributed by atoms with Crippen LogP contribution >= 0.6 is 0 Å². The van der Waals surface area contributed by atoms with Crippen molar-refractivity contribution in [2.45, 2.75) is 52.4 Å². The van der Waals surface area contributed by atoms with Crippen LogP contribution in [0.5, 0.6) is 5.75 Å². The summed E-state index contributed by atoms with van der Waals surface area (Å²) in [4.78, 5) is 9.80. The van der Waals surface area contributed by atoms with Crippen molar-refractivity contribution >= 4 is 21.9 Å². The average molecular weight is 721 g/mol. The number of benzene rings is 4. The second kappa shape index (κ2) is 10.6. The van der Waals surface area contributed by atoms with Gasteiger partial charge in [-0.3, -0.25) is 4.98 Å². The Bertz CT molecular complexity index is 1890. The van der Waals surface area contributed by atoms with Crippen molar-refractivity contribution < 1.29 is 30.6 Å². The second-order valence-corrected chi connectivity index (χ2v) is 12.5. The summed E-state index contributed by atoms with van der Waals surface area (Å²) in [7, 11) is 0. The van der Waals surface area contributed by atoms with Crippen LogP contribution in [0.4, 0.5) is 0 Å². The molecule has 1 N–H and O–H groups in total. The average Bonchev–Trinajstić information content (AvgIpc) is 3.35. The molecule has 0 unspecified atom stereocenters. The van der Waals surface area contributed by atoms with E-state index in [1.54, 1.807) is 12.1 Å². The first kappa shape index (κ1) is 28.8. The van der Waals surface area contributed by atoms with Gasteiger partial charge in [-0.1, -0.05) is 107 Å². The Kier molecular flexibility index (Phi) is 7.42. The van der Waals surface area contributed by atoms with Crippen molar-refractivity contribution in [3.63, 3.8) is 0 Å². The molecule has 0 atom stereocenters. The van der Waals surface area contributed by atoms with E-state index in [-0.39, 0.29) is 37.6 Å². The third-order valence-electron chi connectivity index (χ3n) is 7.40. The zero-order valence-corrected chi connectivity index (χ0v) is 26.4. The van der Waals surface area contributed by atoms with Crippen LogP contribution in [0.15, 0.2) is 89.5 Å². The SMILES string of the molecule is CC(C)(C)c1cc(C(C)(C)C)c(-c2cccc3oc(-c4ccccc4O)nc23)[c-]c1-c1cc2ccccc2cn1.[Pt]. The first-order valence-corrected chi connectivity index (χ1v) is 13.7. The molecule has 5 heteroatoms. The van der Waals surface area contributed by atoms with E-state index < -0.39 is 0 Å². The number of para-hydroxylation sites is 2. The molecule has 4 aromatic carbocycles.